The van der Waals surface area contributed by atoms with Gasteiger partial charge in [0.1, 0.15) is 17.6 Å². The van der Waals surface area contributed by atoms with E-state index < -0.39 is 17.5 Å². The van der Waals surface area contributed by atoms with Crippen LogP contribution in [-0.4, -0.2) is 22.2 Å². The molecule has 33 heavy (non-hydrogen) atoms. The minimum absolute atomic E-state index is 0.0492. The van der Waals surface area contributed by atoms with Crippen molar-refractivity contribution in [3.8, 4) is 5.75 Å². The van der Waals surface area contributed by atoms with Crippen molar-refractivity contribution in [1.29, 1.82) is 0 Å². The first-order valence-corrected chi connectivity index (χ1v) is 11.7. The molecule has 4 nitrogen and oxygen atoms in total. The molecule has 3 aromatic rings. The monoisotopic (exact) mass is 500 g/mol. The number of benzene rings is 3. The molecule has 0 bridgehead atoms. The molecule has 0 N–H and O–H groups in total. The summed E-state index contributed by atoms with van der Waals surface area (Å²) < 4.78 is 6.08. The van der Waals surface area contributed by atoms with Crippen LogP contribution < -0.4 is 4.74 Å². The highest BCUT2D eigenvalue weighted by Crippen LogP contribution is 2.45. The lowest BCUT2D eigenvalue weighted by Crippen LogP contribution is -2.34. The number of nitrogens with zero attached hydrogens (tertiary/aromatic N) is 2. The molecule has 170 valence electrons. The van der Waals surface area contributed by atoms with Crippen molar-refractivity contribution in [2.24, 2.45) is 4.99 Å². The first kappa shape index (κ1) is 23.6. The van der Waals surface area contributed by atoms with Gasteiger partial charge in [-0.2, -0.15) is 0 Å². The average molecular weight is 502 g/mol. The van der Waals surface area contributed by atoms with Crippen LogP contribution in [0.2, 0.25) is 10.0 Å². The highest BCUT2D eigenvalue weighted by Gasteiger charge is 2.42. The molecule has 1 aliphatic heterocycles. The Morgan fingerprint density at radius 1 is 0.939 bits per heavy atom. The normalized spacial score (nSPS) is 17.9. The van der Waals surface area contributed by atoms with Crippen LogP contribution in [-0.2, 0) is 0 Å². The van der Waals surface area contributed by atoms with E-state index in [1.54, 1.807) is 12.1 Å². The molecule has 0 fully saturated rings. The van der Waals surface area contributed by atoms with Crippen LogP contribution in [0.25, 0.3) is 0 Å². The summed E-state index contributed by atoms with van der Waals surface area (Å²) in [5, 5.41) is 0.609. The van der Waals surface area contributed by atoms with E-state index in [0.29, 0.717) is 27.2 Å². The van der Waals surface area contributed by atoms with Gasteiger partial charge in [-0.3, -0.25) is 14.7 Å². The summed E-state index contributed by atoms with van der Waals surface area (Å²) in [5.41, 5.74) is 3.53. The zero-order valence-corrected chi connectivity index (χ0v) is 20.7. The van der Waals surface area contributed by atoms with Gasteiger partial charge in [0, 0.05) is 10.0 Å². The first-order chi connectivity index (χ1) is 15.7. The van der Waals surface area contributed by atoms with Crippen molar-refractivity contribution in [2.75, 3.05) is 0 Å². The fourth-order valence-corrected chi connectivity index (χ4v) is 4.44. The Bertz CT molecular complexity index is 1190. The molecule has 0 spiro atoms. The largest absolute Gasteiger partial charge is 0.490 e. The second kappa shape index (κ2) is 9.76. The van der Waals surface area contributed by atoms with Crippen molar-refractivity contribution in [3.63, 3.8) is 0 Å². The summed E-state index contributed by atoms with van der Waals surface area (Å²) in [7, 11) is 0. The number of aliphatic imine (C=N–C) groups is 1. The van der Waals surface area contributed by atoms with E-state index in [2.05, 4.69) is 0 Å². The van der Waals surface area contributed by atoms with Crippen LogP contribution in [0.4, 0.5) is 4.79 Å². The number of hydrogen-bond donors (Lipinski definition) is 0. The Morgan fingerprint density at radius 2 is 1.52 bits per heavy atom. The molecule has 0 radical (unpaired) electrons. The van der Waals surface area contributed by atoms with Gasteiger partial charge in [0.05, 0.1) is 17.7 Å². The maximum absolute atomic E-state index is 12.8. The number of aryl methyl sites for hydroxylation is 1. The van der Waals surface area contributed by atoms with Crippen molar-refractivity contribution < 1.29 is 9.53 Å². The summed E-state index contributed by atoms with van der Waals surface area (Å²) in [6, 6.07) is 19.8. The van der Waals surface area contributed by atoms with Crippen LogP contribution in [0.3, 0.4) is 0 Å². The van der Waals surface area contributed by atoms with E-state index in [-0.39, 0.29) is 6.10 Å². The smallest absolute Gasteiger partial charge is 0.322 e. The maximum atomic E-state index is 12.8. The van der Waals surface area contributed by atoms with Crippen molar-refractivity contribution in [1.82, 2.24) is 4.90 Å². The Balaban J connectivity index is 1.91. The second-order valence-corrected chi connectivity index (χ2v) is 9.43. The number of halogens is 3. The zero-order chi connectivity index (χ0) is 23.7. The molecule has 0 saturated heterocycles. The van der Waals surface area contributed by atoms with Crippen LogP contribution in [0.1, 0.15) is 48.2 Å². The fourth-order valence-electron chi connectivity index (χ4n) is 4.00. The Morgan fingerprint density at radius 3 is 2.06 bits per heavy atom. The van der Waals surface area contributed by atoms with Crippen molar-refractivity contribution >= 4 is 46.0 Å². The van der Waals surface area contributed by atoms with Gasteiger partial charge in [-0.25, -0.2) is 0 Å². The van der Waals surface area contributed by atoms with Gasteiger partial charge < -0.3 is 4.74 Å². The minimum Gasteiger partial charge on any atom is -0.490 e. The average Bonchev–Trinajstić information content (AvgIpc) is 3.15. The topological polar surface area (TPSA) is 41.9 Å². The van der Waals surface area contributed by atoms with Gasteiger partial charge in [-0.15, -0.1) is 0 Å². The third-order valence-corrected chi connectivity index (χ3v) is 6.11. The Kier molecular flexibility index (Phi) is 6.99. The van der Waals surface area contributed by atoms with E-state index >= 15 is 0 Å². The number of rotatable bonds is 5. The van der Waals surface area contributed by atoms with E-state index in [4.69, 9.17) is 44.5 Å². The van der Waals surface area contributed by atoms with Gasteiger partial charge in [-0.1, -0.05) is 53.5 Å². The fraction of sp³-hybridized carbons (Fsp3) is 0.231. The Labute approximate surface area is 208 Å². The third kappa shape index (κ3) is 5.03. The summed E-state index contributed by atoms with van der Waals surface area (Å²) in [5.74, 6) is 1.11. The minimum atomic E-state index is -0.624. The maximum Gasteiger partial charge on any atom is 0.322 e. The van der Waals surface area contributed by atoms with Crippen molar-refractivity contribution in [2.45, 2.75) is 39.0 Å². The number of amidine groups is 1. The van der Waals surface area contributed by atoms with E-state index in [1.165, 1.54) is 4.90 Å². The first-order valence-electron chi connectivity index (χ1n) is 10.6. The summed E-state index contributed by atoms with van der Waals surface area (Å²) >= 11 is 18.4. The molecule has 1 aliphatic rings. The predicted octanol–water partition coefficient (Wildman–Crippen LogP) is 7.99. The Hall–Kier alpha value is -2.53. The van der Waals surface area contributed by atoms with Gasteiger partial charge >= 0.3 is 5.37 Å². The second-order valence-electron chi connectivity index (χ2n) is 8.23. The number of hydrogen-bond acceptors (Lipinski definition) is 3. The highest BCUT2D eigenvalue weighted by molar-refractivity contribution is 6.64. The van der Waals surface area contributed by atoms with E-state index in [0.717, 1.165) is 16.7 Å². The number of carbonyl (C=O) groups is 1. The predicted molar refractivity (Wildman–Crippen MR) is 135 cm³/mol. The summed E-state index contributed by atoms with van der Waals surface area (Å²) in [4.78, 5) is 19.4. The molecule has 0 saturated carbocycles. The molecular formula is C26H23Cl3N2O2. The molecule has 0 aliphatic carbocycles. The molecule has 2 unspecified atom stereocenters. The molecule has 7 heteroatoms. The molecule has 3 aromatic carbocycles. The quantitative estimate of drug-likeness (QED) is 0.262. The van der Waals surface area contributed by atoms with Crippen LogP contribution in [0.5, 0.6) is 5.75 Å². The van der Waals surface area contributed by atoms with Gasteiger partial charge in [0.2, 0.25) is 0 Å². The standard InChI is InChI=1S/C26H23Cl3N2O2/c1-15(2)33-22-14-16(3)4-13-21(22)25-30-23(17-5-9-19(27)10-6-17)24(31(25)26(29)32)18-7-11-20(28)12-8-18/h4-15,23-24H,1-3H3. The van der Waals surface area contributed by atoms with Crippen LogP contribution in [0.15, 0.2) is 71.7 Å². The SMILES string of the molecule is Cc1ccc(C2=NC(c3ccc(Cl)cc3)C(c3ccc(Cl)cc3)N2C(=O)Cl)c(OC(C)C)c1. The molecule has 2 atom stereocenters. The van der Waals surface area contributed by atoms with E-state index in [9.17, 15) is 4.79 Å². The number of carbonyl (C=O) groups excluding carboxylic acids is 1. The number of ether oxygens (including phenoxy) is 1. The van der Waals surface area contributed by atoms with Gasteiger partial charge in [0.25, 0.3) is 0 Å². The molecule has 0 aromatic heterocycles. The lowest BCUT2D eigenvalue weighted by atomic mass is 9.94. The molecular weight excluding hydrogens is 479 g/mol. The lowest BCUT2D eigenvalue weighted by molar-refractivity contribution is 0.230. The summed E-state index contributed by atoms with van der Waals surface area (Å²) in [6.45, 7) is 5.91. The molecule has 1 amide bonds. The third-order valence-electron chi connectivity index (χ3n) is 5.42. The molecule has 4 rings (SSSR count). The lowest BCUT2D eigenvalue weighted by Gasteiger charge is -2.28. The molecule has 1 heterocycles. The van der Waals surface area contributed by atoms with Crippen LogP contribution >= 0.6 is 34.8 Å². The van der Waals surface area contributed by atoms with Crippen LogP contribution in [0, 0.1) is 6.92 Å². The van der Waals surface area contributed by atoms with E-state index in [1.807, 2.05) is 75.4 Å². The van der Waals surface area contributed by atoms with Gasteiger partial charge in [-0.05, 0) is 85.5 Å². The van der Waals surface area contributed by atoms with Crippen molar-refractivity contribution in [3.05, 3.63) is 99.0 Å². The summed E-state index contributed by atoms with van der Waals surface area (Å²) in [6.07, 6.45) is -0.0492. The zero-order valence-electron chi connectivity index (χ0n) is 18.4. The van der Waals surface area contributed by atoms with Gasteiger partial charge in [0.15, 0.2) is 0 Å². The highest BCUT2D eigenvalue weighted by atomic mass is 35.5. The number of amides is 1.